The van der Waals surface area contributed by atoms with E-state index < -0.39 is 5.91 Å². The Bertz CT molecular complexity index is 1750. The summed E-state index contributed by atoms with van der Waals surface area (Å²) in [5, 5.41) is 7.54. The molecule has 0 unspecified atom stereocenters. The largest absolute Gasteiger partial charge is 0.384 e. The maximum atomic E-state index is 13.8. The van der Waals surface area contributed by atoms with E-state index in [9.17, 15) is 4.79 Å². The monoisotopic (exact) mass is 537 g/mol. The Hall–Kier alpha value is -4.50. The second-order valence-electron chi connectivity index (χ2n) is 8.33. The molecule has 0 fully saturated rings. The molecular weight excluding hydrogens is 518 g/mol. The maximum Gasteiger partial charge on any atom is 0.262 e. The van der Waals surface area contributed by atoms with E-state index in [1.54, 1.807) is 9.25 Å². The Balaban J connectivity index is 1.53. The summed E-state index contributed by atoms with van der Waals surface area (Å²) in [4.78, 5) is 23.4. The summed E-state index contributed by atoms with van der Waals surface area (Å²) in [5.41, 5.74) is 11.6. The van der Waals surface area contributed by atoms with Crippen LogP contribution in [0, 0.1) is 6.92 Å². The summed E-state index contributed by atoms with van der Waals surface area (Å²) < 4.78 is 4.38. The number of carbonyl (C=O) groups is 1. The number of nitrogens with one attached hydrogen (secondary N) is 1. The molecule has 9 heteroatoms. The van der Waals surface area contributed by atoms with Gasteiger partial charge in [-0.05, 0) is 55.5 Å². The summed E-state index contributed by atoms with van der Waals surface area (Å²) in [6.45, 7) is 1.88. The Morgan fingerprint density at radius 1 is 0.889 bits per heavy atom. The lowest BCUT2D eigenvalue weighted by Crippen LogP contribution is -2.17. The number of rotatable bonds is 4. The topological polar surface area (TPSA) is 104 Å². The SMILES string of the molecule is Cc1cc(NC(=O)c2c(N)n(-c3ccc(Br)cc3)c3nc4ccccc4nc23)n(-c2ccccc2)n1. The first-order chi connectivity index (χ1) is 17.5. The number of nitrogen functional groups attached to an aromatic ring is 1. The van der Waals surface area contributed by atoms with Crippen molar-refractivity contribution in [2.24, 2.45) is 0 Å². The van der Waals surface area contributed by atoms with Crippen molar-refractivity contribution in [3.05, 3.63) is 101 Å². The highest BCUT2D eigenvalue weighted by atomic mass is 79.9. The van der Waals surface area contributed by atoms with Gasteiger partial charge in [0.15, 0.2) is 5.65 Å². The number of hydrogen-bond acceptors (Lipinski definition) is 5. The van der Waals surface area contributed by atoms with Crippen LogP contribution in [0.15, 0.2) is 89.4 Å². The molecule has 3 N–H and O–H groups in total. The lowest BCUT2D eigenvalue weighted by molar-refractivity contribution is 0.102. The third-order valence-electron chi connectivity index (χ3n) is 5.88. The number of aryl methyl sites for hydroxylation is 1. The number of hydrogen-bond donors (Lipinski definition) is 2. The number of benzene rings is 3. The summed E-state index contributed by atoms with van der Waals surface area (Å²) in [6.07, 6.45) is 0. The lowest BCUT2D eigenvalue weighted by atomic mass is 10.2. The molecule has 3 aromatic heterocycles. The molecule has 0 saturated heterocycles. The van der Waals surface area contributed by atoms with Gasteiger partial charge >= 0.3 is 0 Å². The first-order valence-corrected chi connectivity index (χ1v) is 12.0. The highest BCUT2D eigenvalue weighted by molar-refractivity contribution is 9.10. The van der Waals surface area contributed by atoms with Crippen LogP contribution >= 0.6 is 15.9 Å². The van der Waals surface area contributed by atoms with Crippen LogP contribution in [0.25, 0.3) is 33.6 Å². The molecule has 0 aliphatic heterocycles. The molecule has 0 saturated carbocycles. The van der Waals surface area contributed by atoms with Crippen LogP contribution in [0.2, 0.25) is 0 Å². The molecule has 36 heavy (non-hydrogen) atoms. The fourth-order valence-corrected chi connectivity index (χ4v) is 4.53. The average Bonchev–Trinajstić information content (AvgIpc) is 3.39. The van der Waals surface area contributed by atoms with Crippen LogP contribution in [0.3, 0.4) is 0 Å². The molecule has 0 radical (unpaired) electrons. The minimum atomic E-state index is -0.393. The van der Waals surface area contributed by atoms with Crippen molar-refractivity contribution in [1.29, 1.82) is 0 Å². The van der Waals surface area contributed by atoms with Gasteiger partial charge in [0.2, 0.25) is 0 Å². The van der Waals surface area contributed by atoms with Gasteiger partial charge in [0, 0.05) is 16.2 Å². The maximum absolute atomic E-state index is 13.8. The number of anilines is 2. The van der Waals surface area contributed by atoms with Crippen molar-refractivity contribution < 1.29 is 4.79 Å². The van der Waals surface area contributed by atoms with Gasteiger partial charge < -0.3 is 11.1 Å². The first-order valence-electron chi connectivity index (χ1n) is 11.3. The molecule has 176 valence electrons. The number of nitrogens with zero attached hydrogens (tertiary/aromatic N) is 5. The summed E-state index contributed by atoms with van der Waals surface area (Å²) in [7, 11) is 0. The number of para-hydroxylation sites is 3. The molecular formula is C27H20BrN7O. The minimum absolute atomic E-state index is 0.252. The van der Waals surface area contributed by atoms with Crippen molar-refractivity contribution in [3.8, 4) is 11.4 Å². The van der Waals surface area contributed by atoms with Crippen molar-refractivity contribution in [3.63, 3.8) is 0 Å². The van der Waals surface area contributed by atoms with E-state index >= 15 is 0 Å². The molecule has 0 aliphatic carbocycles. The fraction of sp³-hybridized carbons (Fsp3) is 0.0370. The molecule has 0 atom stereocenters. The quantitative estimate of drug-likeness (QED) is 0.301. The summed E-state index contributed by atoms with van der Waals surface area (Å²) >= 11 is 3.47. The van der Waals surface area contributed by atoms with Gasteiger partial charge in [0.05, 0.1) is 22.4 Å². The zero-order valence-electron chi connectivity index (χ0n) is 19.2. The summed E-state index contributed by atoms with van der Waals surface area (Å²) in [5.74, 6) is 0.388. The van der Waals surface area contributed by atoms with Crippen LogP contribution in [0.1, 0.15) is 16.1 Å². The van der Waals surface area contributed by atoms with Crippen LogP contribution in [0.4, 0.5) is 11.6 Å². The van der Waals surface area contributed by atoms with Gasteiger partial charge in [0.1, 0.15) is 22.7 Å². The van der Waals surface area contributed by atoms with E-state index in [0.29, 0.717) is 28.0 Å². The van der Waals surface area contributed by atoms with Crippen LogP contribution in [0.5, 0.6) is 0 Å². The van der Waals surface area contributed by atoms with Gasteiger partial charge in [-0.2, -0.15) is 5.10 Å². The van der Waals surface area contributed by atoms with Gasteiger partial charge in [-0.1, -0.05) is 46.3 Å². The number of carbonyl (C=O) groups excluding carboxylic acids is 1. The Kier molecular flexibility index (Phi) is 5.26. The standard InChI is InChI=1S/C27H20BrN7O/c1-16-15-22(35(33-16)19-7-3-2-4-8-19)32-27(36)23-24-26(31-21-10-6-5-9-20(21)30-24)34(25(23)29)18-13-11-17(28)12-14-18/h2-15H,29H2,1H3,(H,32,36). The van der Waals surface area contributed by atoms with Crippen LogP contribution in [-0.2, 0) is 0 Å². The minimum Gasteiger partial charge on any atom is -0.384 e. The highest BCUT2D eigenvalue weighted by Crippen LogP contribution is 2.32. The molecule has 6 rings (SSSR count). The fourth-order valence-electron chi connectivity index (χ4n) is 4.27. The average molecular weight is 538 g/mol. The Labute approximate surface area is 214 Å². The second-order valence-corrected chi connectivity index (χ2v) is 9.24. The summed E-state index contributed by atoms with van der Waals surface area (Å²) in [6, 6.07) is 26.6. The van der Waals surface area contributed by atoms with E-state index in [4.69, 9.17) is 15.7 Å². The second kappa shape index (κ2) is 8.62. The van der Waals surface area contributed by atoms with Gasteiger partial charge in [-0.15, -0.1) is 0 Å². The van der Waals surface area contributed by atoms with E-state index in [1.165, 1.54) is 0 Å². The molecule has 3 heterocycles. The molecule has 0 bridgehead atoms. The van der Waals surface area contributed by atoms with Crippen molar-refractivity contribution >= 4 is 55.7 Å². The molecule has 1 amide bonds. The van der Waals surface area contributed by atoms with Crippen molar-refractivity contribution in [2.75, 3.05) is 11.1 Å². The Morgan fingerprint density at radius 3 is 2.28 bits per heavy atom. The predicted molar refractivity (Wildman–Crippen MR) is 145 cm³/mol. The number of halogens is 1. The predicted octanol–water partition coefficient (Wildman–Crippen LogP) is 5.66. The van der Waals surface area contributed by atoms with E-state index in [-0.39, 0.29) is 11.4 Å². The zero-order chi connectivity index (χ0) is 24.8. The molecule has 0 spiro atoms. The number of nitrogens with two attached hydrogens (primary N) is 1. The number of amides is 1. The molecule has 0 aliphatic rings. The van der Waals surface area contributed by atoms with Gasteiger partial charge in [0.25, 0.3) is 5.91 Å². The molecule has 8 nitrogen and oxygen atoms in total. The van der Waals surface area contributed by atoms with Gasteiger partial charge in [-0.25, -0.2) is 14.6 Å². The van der Waals surface area contributed by atoms with E-state index in [1.807, 2.05) is 91.9 Å². The number of aromatic nitrogens is 5. The van der Waals surface area contributed by atoms with E-state index in [0.717, 1.165) is 21.5 Å². The van der Waals surface area contributed by atoms with Crippen LogP contribution in [-0.4, -0.2) is 30.2 Å². The van der Waals surface area contributed by atoms with E-state index in [2.05, 4.69) is 26.3 Å². The third-order valence-corrected chi connectivity index (χ3v) is 6.41. The lowest BCUT2D eigenvalue weighted by Gasteiger charge is -2.10. The zero-order valence-corrected chi connectivity index (χ0v) is 20.8. The third kappa shape index (κ3) is 3.70. The Morgan fingerprint density at radius 2 is 1.56 bits per heavy atom. The van der Waals surface area contributed by atoms with Crippen molar-refractivity contribution in [2.45, 2.75) is 6.92 Å². The molecule has 6 aromatic rings. The normalized spacial score (nSPS) is 11.3. The van der Waals surface area contributed by atoms with Gasteiger partial charge in [-0.3, -0.25) is 9.36 Å². The smallest absolute Gasteiger partial charge is 0.262 e. The first kappa shape index (κ1) is 22.0. The highest BCUT2D eigenvalue weighted by Gasteiger charge is 2.26. The van der Waals surface area contributed by atoms with Crippen LogP contribution < -0.4 is 11.1 Å². The van der Waals surface area contributed by atoms with Crippen molar-refractivity contribution in [1.82, 2.24) is 24.3 Å². The molecule has 3 aromatic carbocycles. The number of fused-ring (bicyclic) bond motifs is 2.